The molecule has 0 aliphatic heterocycles. The van der Waals surface area contributed by atoms with E-state index in [0.29, 0.717) is 41.9 Å². The third kappa shape index (κ3) is 3.71. The van der Waals surface area contributed by atoms with Crippen molar-refractivity contribution >= 4 is 17.7 Å². The molecule has 0 aliphatic carbocycles. The molecule has 0 atom stereocenters. The number of carbonyl (C=O) groups excluding carboxylic acids is 1. The molecule has 0 saturated carbocycles. The van der Waals surface area contributed by atoms with Gasteiger partial charge >= 0.3 is 6.09 Å². The van der Waals surface area contributed by atoms with Crippen LogP contribution in [0.25, 0.3) is 11.5 Å². The fraction of sp³-hybridized carbons (Fsp3) is 0.308. The zero-order valence-corrected chi connectivity index (χ0v) is 11.7. The second kappa shape index (κ2) is 6.91. The van der Waals surface area contributed by atoms with Gasteiger partial charge in [-0.05, 0) is 19.1 Å². The van der Waals surface area contributed by atoms with Crippen LogP contribution in [0, 0.1) is 0 Å². The Kier molecular flexibility index (Phi) is 4.95. The Hall–Kier alpha value is -2.08. The van der Waals surface area contributed by atoms with E-state index in [0.717, 1.165) is 0 Å². The number of carbonyl (C=O) groups is 1. The molecule has 1 aromatic heterocycles. The molecule has 0 unspecified atom stereocenters. The van der Waals surface area contributed by atoms with Crippen LogP contribution in [0.1, 0.15) is 12.8 Å². The maximum atomic E-state index is 11.1. The van der Waals surface area contributed by atoms with Gasteiger partial charge in [-0.3, -0.25) is 0 Å². The van der Waals surface area contributed by atoms with E-state index in [1.54, 1.807) is 19.1 Å². The Morgan fingerprint density at radius 3 is 2.95 bits per heavy atom. The van der Waals surface area contributed by atoms with Crippen molar-refractivity contribution < 1.29 is 13.9 Å². The standard InChI is InChI=1S/C13H14ClN3O3/c1-2-19-13(18)15-8-7-11-16-17-12(20-11)9-5-3-4-6-10(9)14/h3-6H,2,7-8H2,1H3,(H,15,18). The highest BCUT2D eigenvalue weighted by Gasteiger charge is 2.11. The highest BCUT2D eigenvalue weighted by atomic mass is 35.5. The monoisotopic (exact) mass is 295 g/mol. The predicted molar refractivity (Wildman–Crippen MR) is 73.5 cm³/mol. The van der Waals surface area contributed by atoms with Crippen LogP contribution in [0.4, 0.5) is 4.79 Å². The molecule has 0 saturated heterocycles. The number of benzene rings is 1. The van der Waals surface area contributed by atoms with Gasteiger partial charge in [0.1, 0.15) is 0 Å². The van der Waals surface area contributed by atoms with Crippen molar-refractivity contribution in [1.82, 2.24) is 15.5 Å². The largest absolute Gasteiger partial charge is 0.450 e. The number of hydrogen-bond acceptors (Lipinski definition) is 5. The minimum absolute atomic E-state index is 0.336. The molecule has 6 nitrogen and oxygen atoms in total. The molecule has 20 heavy (non-hydrogen) atoms. The molecule has 1 heterocycles. The number of ether oxygens (including phenoxy) is 1. The SMILES string of the molecule is CCOC(=O)NCCc1nnc(-c2ccccc2Cl)o1. The van der Waals surface area contributed by atoms with Gasteiger partial charge in [0, 0.05) is 13.0 Å². The minimum atomic E-state index is -0.460. The minimum Gasteiger partial charge on any atom is -0.450 e. The van der Waals surface area contributed by atoms with Gasteiger partial charge in [0.05, 0.1) is 17.2 Å². The van der Waals surface area contributed by atoms with Gasteiger partial charge in [-0.15, -0.1) is 10.2 Å². The number of rotatable bonds is 5. The molecular weight excluding hydrogens is 282 g/mol. The average Bonchev–Trinajstić information content (AvgIpc) is 2.88. The molecule has 1 N–H and O–H groups in total. The molecule has 0 fully saturated rings. The van der Waals surface area contributed by atoms with Crippen molar-refractivity contribution in [1.29, 1.82) is 0 Å². The van der Waals surface area contributed by atoms with Crippen molar-refractivity contribution in [3.05, 3.63) is 35.2 Å². The molecule has 0 aliphatic rings. The summed E-state index contributed by atoms with van der Waals surface area (Å²) < 4.78 is 10.2. The van der Waals surface area contributed by atoms with Crippen molar-refractivity contribution in [2.24, 2.45) is 0 Å². The van der Waals surface area contributed by atoms with E-state index in [-0.39, 0.29) is 0 Å². The van der Waals surface area contributed by atoms with E-state index in [1.807, 2.05) is 12.1 Å². The van der Waals surface area contributed by atoms with Crippen molar-refractivity contribution in [2.75, 3.05) is 13.2 Å². The lowest BCUT2D eigenvalue weighted by Gasteiger charge is -2.02. The van der Waals surface area contributed by atoms with E-state index in [9.17, 15) is 4.79 Å². The summed E-state index contributed by atoms with van der Waals surface area (Å²) in [6, 6.07) is 7.22. The molecule has 2 rings (SSSR count). The van der Waals surface area contributed by atoms with Crippen LogP contribution < -0.4 is 5.32 Å². The van der Waals surface area contributed by atoms with Gasteiger partial charge in [-0.25, -0.2) is 4.79 Å². The Morgan fingerprint density at radius 1 is 1.40 bits per heavy atom. The molecule has 1 aromatic carbocycles. The maximum absolute atomic E-state index is 11.1. The topological polar surface area (TPSA) is 77.2 Å². The van der Waals surface area contributed by atoms with E-state index in [1.165, 1.54) is 0 Å². The third-order valence-corrected chi connectivity index (χ3v) is 2.78. The van der Waals surface area contributed by atoms with Crippen LogP contribution in [0.15, 0.2) is 28.7 Å². The van der Waals surface area contributed by atoms with Crippen LogP contribution in [0.2, 0.25) is 5.02 Å². The molecular formula is C13H14ClN3O3. The fourth-order valence-corrected chi connectivity index (χ4v) is 1.77. The van der Waals surface area contributed by atoms with Gasteiger partial charge in [0.15, 0.2) is 0 Å². The first kappa shape index (κ1) is 14.3. The molecule has 2 aromatic rings. The molecule has 7 heteroatoms. The summed E-state index contributed by atoms with van der Waals surface area (Å²) in [5.41, 5.74) is 0.686. The highest BCUT2D eigenvalue weighted by molar-refractivity contribution is 6.33. The van der Waals surface area contributed by atoms with Crippen LogP contribution >= 0.6 is 11.6 Å². The molecule has 0 bridgehead atoms. The molecule has 0 spiro atoms. The number of nitrogens with one attached hydrogen (secondary N) is 1. The summed E-state index contributed by atoms with van der Waals surface area (Å²) in [4.78, 5) is 11.1. The summed E-state index contributed by atoms with van der Waals surface area (Å²) in [5.74, 6) is 0.790. The Labute approximate surface area is 121 Å². The number of amides is 1. The van der Waals surface area contributed by atoms with E-state index in [4.69, 9.17) is 20.8 Å². The third-order valence-electron chi connectivity index (χ3n) is 2.45. The maximum Gasteiger partial charge on any atom is 0.407 e. The lowest BCUT2D eigenvalue weighted by molar-refractivity contribution is 0.152. The first-order chi connectivity index (χ1) is 9.70. The van der Waals surface area contributed by atoms with Crippen molar-refractivity contribution in [3.63, 3.8) is 0 Å². The van der Waals surface area contributed by atoms with Crippen LogP contribution in [-0.2, 0) is 11.2 Å². The van der Waals surface area contributed by atoms with Gasteiger partial charge < -0.3 is 14.5 Å². The zero-order valence-electron chi connectivity index (χ0n) is 10.9. The smallest absolute Gasteiger partial charge is 0.407 e. The van der Waals surface area contributed by atoms with Crippen molar-refractivity contribution in [3.8, 4) is 11.5 Å². The average molecular weight is 296 g/mol. The number of nitrogens with zero attached hydrogens (tertiary/aromatic N) is 2. The number of aromatic nitrogens is 2. The Balaban J connectivity index is 1.93. The number of alkyl carbamates (subject to hydrolysis) is 1. The normalized spacial score (nSPS) is 10.3. The molecule has 0 radical (unpaired) electrons. The Morgan fingerprint density at radius 2 is 2.20 bits per heavy atom. The lowest BCUT2D eigenvalue weighted by Crippen LogP contribution is -2.26. The quantitative estimate of drug-likeness (QED) is 0.917. The van der Waals surface area contributed by atoms with Crippen LogP contribution in [0.3, 0.4) is 0 Å². The van der Waals surface area contributed by atoms with Gasteiger partial charge in [-0.1, -0.05) is 23.7 Å². The molecule has 1 amide bonds. The van der Waals surface area contributed by atoms with E-state index >= 15 is 0 Å². The summed E-state index contributed by atoms with van der Waals surface area (Å²) in [6.07, 6.45) is -0.0330. The van der Waals surface area contributed by atoms with Crippen molar-refractivity contribution in [2.45, 2.75) is 13.3 Å². The first-order valence-corrected chi connectivity index (χ1v) is 6.56. The zero-order chi connectivity index (χ0) is 14.4. The predicted octanol–water partition coefficient (Wildman–Crippen LogP) is 2.68. The van der Waals surface area contributed by atoms with Gasteiger partial charge in [0.2, 0.25) is 11.8 Å². The summed E-state index contributed by atoms with van der Waals surface area (Å²) in [6.45, 7) is 2.44. The number of hydrogen-bond donors (Lipinski definition) is 1. The lowest BCUT2D eigenvalue weighted by atomic mass is 10.2. The van der Waals surface area contributed by atoms with Crippen LogP contribution in [-0.4, -0.2) is 29.4 Å². The first-order valence-electron chi connectivity index (χ1n) is 6.18. The summed E-state index contributed by atoms with van der Waals surface area (Å²) in [7, 11) is 0. The molecule has 106 valence electrons. The summed E-state index contributed by atoms with van der Waals surface area (Å²) in [5, 5.41) is 11.0. The Bertz CT molecular complexity index is 586. The number of halogens is 1. The van der Waals surface area contributed by atoms with E-state index in [2.05, 4.69) is 15.5 Å². The second-order valence-electron chi connectivity index (χ2n) is 3.88. The summed E-state index contributed by atoms with van der Waals surface area (Å²) >= 11 is 6.05. The van der Waals surface area contributed by atoms with Gasteiger partial charge in [0.25, 0.3) is 0 Å². The second-order valence-corrected chi connectivity index (χ2v) is 4.29. The van der Waals surface area contributed by atoms with Gasteiger partial charge in [-0.2, -0.15) is 0 Å². The van der Waals surface area contributed by atoms with E-state index < -0.39 is 6.09 Å². The fourth-order valence-electron chi connectivity index (χ4n) is 1.55. The van der Waals surface area contributed by atoms with Crippen LogP contribution in [0.5, 0.6) is 0 Å². The highest BCUT2D eigenvalue weighted by Crippen LogP contribution is 2.26.